The Labute approximate surface area is 162 Å². The van der Waals surface area contributed by atoms with Crippen LogP contribution in [0.4, 0.5) is 22.0 Å². The highest BCUT2D eigenvalue weighted by molar-refractivity contribution is 5.76. The molecule has 0 bridgehead atoms. The van der Waals surface area contributed by atoms with Gasteiger partial charge in [0.05, 0.1) is 5.41 Å². The van der Waals surface area contributed by atoms with Gasteiger partial charge >= 0.3 is 24.0 Å². The van der Waals surface area contributed by atoms with Gasteiger partial charge in [0, 0.05) is 6.42 Å². The van der Waals surface area contributed by atoms with E-state index in [4.69, 9.17) is 4.74 Å². The quantitative estimate of drug-likeness (QED) is 0.364. The standard InChI is InChI=1S/C19H29F5O4/c1-4-16(2,3)15(26)28-17(10-6-5-7-11-17)12-8-9-14(25)27-13-18(20,21)19(22,23)24/h4-13H2,1-3H3. The van der Waals surface area contributed by atoms with Crippen LogP contribution in [-0.2, 0) is 19.1 Å². The molecule has 28 heavy (non-hydrogen) atoms. The van der Waals surface area contributed by atoms with E-state index in [0.29, 0.717) is 25.7 Å². The van der Waals surface area contributed by atoms with Crippen LogP contribution in [-0.4, -0.2) is 36.2 Å². The lowest BCUT2D eigenvalue weighted by Crippen LogP contribution is -2.42. The van der Waals surface area contributed by atoms with Crippen LogP contribution in [0.3, 0.4) is 0 Å². The van der Waals surface area contributed by atoms with Crippen LogP contribution in [0, 0.1) is 5.41 Å². The van der Waals surface area contributed by atoms with Crippen LogP contribution in [0.25, 0.3) is 0 Å². The van der Waals surface area contributed by atoms with Crippen molar-refractivity contribution in [3.05, 3.63) is 0 Å². The molecule has 1 saturated carbocycles. The minimum atomic E-state index is -5.76. The fourth-order valence-electron chi connectivity index (χ4n) is 2.96. The molecule has 1 aliphatic rings. The number of rotatable bonds is 9. The van der Waals surface area contributed by atoms with Gasteiger partial charge in [-0.05, 0) is 58.8 Å². The van der Waals surface area contributed by atoms with Crippen molar-refractivity contribution in [3.8, 4) is 0 Å². The number of halogens is 5. The summed E-state index contributed by atoms with van der Waals surface area (Å²) < 4.78 is 71.8. The average molecular weight is 416 g/mol. The predicted molar refractivity (Wildman–Crippen MR) is 91.8 cm³/mol. The van der Waals surface area contributed by atoms with Gasteiger partial charge in [-0.25, -0.2) is 0 Å². The molecule has 0 saturated heterocycles. The molecular formula is C19H29F5O4. The minimum Gasteiger partial charge on any atom is -0.459 e. The SMILES string of the molecule is CCC(C)(C)C(=O)OC1(CCCC(=O)OCC(F)(F)C(F)(F)F)CCCCC1. The maximum absolute atomic E-state index is 12.8. The van der Waals surface area contributed by atoms with E-state index < -0.39 is 35.7 Å². The van der Waals surface area contributed by atoms with Crippen molar-refractivity contribution in [1.29, 1.82) is 0 Å². The van der Waals surface area contributed by atoms with E-state index in [1.54, 1.807) is 13.8 Å². The van der Waals surface area contributed by atoms with Crippen LogP contribution < -0.4 is 0 Å². The maximum atomic E-state index is 12.8. The fourth-order valence-corrected chi connectivity index (χ4v) is 2.96. The zero-order valence-electron chi connectivity index (χ0n) is 16.6. The summed E-state index contributed by atoms with van der Waals surface area (Å²) in [7, 11) is 0. The van der Waals surface area contributed by atoms with Gasteiger partial charge in [0.25, 0.3) is 0 Å². The Bertz CT molecular complexity index is 537. The molecule has 0 N–H and O–H groups in total. The highest BCUT2D eigenvalue weighted by Crippen LogP contribution is 2.39. The first-order chi connectivity index (χ1) is 12.7. The van der Waals surface area contributed by atoms with Crippen molar-refractivity contribution >= 4 is 11.9 Å². The third-order valence-electron chi connectivity index (χ3n) is 5.35. The van der Waals surface area contributed by atoms with Crippen molar-refractivity contribution in [2.75, 3.05) is 6.61 Å². The Morgan fingerprint density at radius 3 is 2.07 bits per heavy atom. The highest BCUT2D eigenvalue weighted by Gasteiger charge is 2.58. The van der Waals surface area contributed by atoms with Crippen molar-refractivity contribution in [3.63, 3.8) is 0 Å². The molecule has 0 atom stereocenters. The summed E-state index contributed by atoms with van der Waals surface area (Å²) in [5, 5.41) is 0. The second kappa shape index (κ2) is 9.39. The lowest BCUT2D eigenvalue weighted by molar-refractivity contribution is -0.294. The smallest absolute Gasteiger partial charge is 0.456 e. The van der Waals surface area contributed by atoms with Crippen LogP contribution in [0.1, 0.15) is 78.6 Å². The summed E-state index contributed by atoms with van der Waals surface area (Å²) in [4.78, 5) is 24.0. The summed E-state index contributed by atoms with van der Waals surface area (Å²) in [5.41, 5.74) is -1.37. The Hall–Kier alpha value is -1.41. The molecule has 0 heterocycles. The first kappa shape index (κ1) is 24.6. The summed E-state index contributed by atoms with van der Waals surface area (Å²) in [5.74, 6) is -6.53. The van der Waals surface area contributed by atoms with Crippen molar-refractivity contribution < 1.29 is 41.0 Å². The number of ether oxygens (including phenoxy) is 2. The average Bonchev–Trinajstić information content (AvgIpc) is 2.59. The first-order valence-corrected chi connectivity index (χ1v) is 9.58. The van der Waals surface area contributed by atoms with Crippen LogP contribution in [0.5, 0.6) is 0 Å². The fraction of sp³-hybridized carbons (Fsp3) is 0.895. The molecule has 0 aliphatic heterocycles. The Morgan fingerprint density at radius 2 is 1.57 bits per heavy atom. The van der Waals surface area contributed by atoms with Gasteiger partial charge in [-0.2, -0.15) is 22.0 Å². The van der Waals surface area contributed by atoms with E-state index in [9.17, 15) is 31.5 Å². The third kappa shape index (κ3) is 6.88. The molecule has 164 valence electrons. The maximum Gasteiger partial charge on any atom is 0.456 e. The molecule has 0 radical (unpaired) electrons. The van der Waals surface area contributed by atoms with E-state index in [2.05, 4.69) is 4.74 Å². The van der Waals surface area contributed by atoms with E-state index >= 15 is 0 Å². The molecule has 0 amide bonds. The van der Waals surface area contributed by atoms with E-state index in [-0.39, 0.29) is 18.8 Å². The van der Waals surface area contributed by atoms with Crippen molar-refractivity contribution in [2.24, 2.45) is 5.41 Å². The largest absolute Gasteiger partial charge is 0.459 e. The second-order valence-corrected chi connectivity index (χ2v) is 8.09. The van der Waals surface area contributed by atoms with E-state index in [1.807, 2.05) is 6.92 Å². The van der Waals surface area contributed by atoms with Gasteiger partial charge in [0.15, 0.2) is 6.61 Å². The van der Waals surface area contributed by atoms with Crippen LogP contribution in [0.2, 0.25) is 0 Å². The Kier molecular flexibility index (Phi) is 8.26. The molecule has 1 aliphatic carbocycles. The zero-order valence-corrected chi connectivity index (χ0v) is 16.6. The lowest BCUT2D eigenvalue weighted by atomic mass is 9.80. The summed E-state index contributed by atoms with van der Waals surface area (Å²) >= 11 is 0. The molecule has 1 rings (SSSR count). The monoisotopic (exact) mass is 416 g/mol. The Morgan fingerprint density at radius 1 is 1.00 bits per heavy atom. The third-order valence-corrected chi connectivity index (χ3v) is 5.35. The molecule has 1 fully saturated rings. The first-order valence-electron chi connectivity index (χ1n) is 9.58. The molecular weight excluding hydrogens is 387 g/mol. The molecule has 0 unspecified atom stereocenters. The number of hydrogen-bond acceptors (Lipinski definition) is 4. The van der Waals surface area contributed by atoms with Gasteiger partial charge in [-0.15, -0.1) is 0 Å². The molecule has 0 spiro atoms. The molecule has 0 aromatic rings. The second-order valence-electron chi connectivity index (χ2n) is 8.09. The predicted octanol–water partition coefficient (Wildman–Crippen LogP) is 5.58. The normalized spacial score (nSPS) is 17.9. The zero-order chi connectivity index (χ0) is 21.6. The number of hydrogen-bond donors (Lipinski definition) is 0. The molecule has 9 heteroatoms. The van der Waals surface area contributed by atoms with E-state index in [0.717, 1.165) is 19.3 Å². The van der Waals surface area contributed by atoms with Gasteiger partial charge in [-0.1, -0.05) is 13.3 Å². The summed E-state index contributed by atoms with van der Waals surface area (Å²) in [6.45, 7) is 3.41. The Balaban J connectivity index is 2.58. The number of carbonyl (C=O) groups excluding carboxylic acids is 2. The van der Waals surface area contributed by atoms with Gasteiger partial charge < -0.3 is 9.47 Å². The van der Waals surface area contributed by atoms with Crippen molar-refractivity contribution in [2.45, 2.75) is 96.3 Å². The molecule has 0 aromatic carbocycles. The number of esters is 2. The molecule has 0 aromatic heterocycles. The van der Waals surface area contributed by atoms with Crippen molar-refractivity contribution in [1.82, 2.24) is 0 Å². The highest BCUT2D eigenvalue weighted by atomic mass is 19.4. The minimum absolute atomic E-state index is 0.177. The van der Waals surface area contributed by atoms with Crippen LogP contribution >= 0.6 is 0 Å². The van der Waals surface area contributed by atoms with E-state index in [1.165, 1.54) is 0 Å². The number of alkyl halides is 5. The summed E-state index contributed by atoms with van der Waals surface area (Å²) in [6.07, 6.45) is -0.958. The summed E-state index contributed by atoms with van der Waals surface area (Å²) in [6, 6.07) is 0. The lowest BCUT2D eigenvalue weighted by Gasteiger charge is -2.39. The van der Waals surface area contributed by atoms with Gasteiger partial charge in [0.1, 0.15) is 5.60 Å². The number of carbonyl (C=O) groups is 2. The van der Waals surface area contributed by atoms with Gasteiger partial charge in [0.2, 0.25) is 0 Å². The molecule has 4 nitrogen and oxygen atoms in total. The van der Waals surface area contributed by atoms with Crippen LogP contribution in [0.15, 0.2) is 0 Å². The van der Waals surface area contributed by atoms with Gasteiger partial charge in [-0.3, -0.25) is 9.59 Å². The topological polar surface area (TPSA) is 52.6 Å².